The van der Waals surface area contributed by atoms with Gasteiger partial charge in [-0.05, 0) is 35.7 Å². The molecule has 0 saturated heterocycles. The number of amides is 1. The molecule has 7 heteroatoms. The van der Waals surface area contributed by atoms with Crippen LogP contribution in [-0.4, -0.2) is 30.6 Å². The summed E-state index contributed by atoms with van der Waals surface area (Å²) in [5.74, 6) is -0.128. The van der Waals surface area contributed by atoms with Crippen LogP contribution in [0.5, 0.6) is 0 Å². The third-order valence-corrected chi connectivity index (χ3v) is 4.91. The van der Waals surface area contributed by atoms with E-state index in [4.69, 9.17) is 0 Å². The zero-order valence-corrected chi connectivity index (χ0v) is 15.2. The first kappa shape index (κ1) is 16.3. The first-order valence-corrected chi connectivity index (χ1v) is 8.99. The number of carbonyl (C=O) groups excluding carboxylic acids is 1. The molecule has 3 heterocycles. The van der Waals surface area contributed by atoms with Gasteiger partial charge < -0.3 is 14.9 Å². The van der Waals surface area contributed by atoms with Crippen molar-refractivity contribution in [2.45, 2.75) is 6.54 Å². The molecule has 1 amide bonds. The van der Waals surface area contributed by atoms with Crippen LogP contribution in [0.1, 0.15) is 16.1 Å². The van der Waals surface area contributed by atoms with Gasteiger partial charge in [0.15, 0.2) is 0 Å². The average molecular weight is 370 g/mol. The molecule has 2 aromatic carbocycles. The Morgan fingerprint density at radius 2 is 2.04 bits per heavy atom. The fourth-order valence-electron chi connectivity index (χ4n) is 3.45. The fourth-order valence-corrected chi connectivity index (χ4v) is 3.45. The van der Waals surface area contributed by atoms with Crippen molar-refractivity contribution in [2.24, 2.45) is 7.05 Å². The number of hydrogen-bond acceptors (Lipinski definition) is 3. The first-order valence-electron chi connectivity index (χ1n) is 8.99. The minimum Gasteiger partial charge on any atom is -0.357 e. The second-order valence-electron chi connectivity index (χ2n) is 6.79. The predicted molar refractivity (Wildman–Crippen MR) is 108 cm³/mol. The van der Waals surface area contributed by atoms with Gasteiger partial charge in [0.25, 0.3) is 5.91 Å². The second-order valence-corrected chi connectivity index (χ2v) is 6.79. The quantitative estimate of drug-likeness (QED) is 0.453. The highest BCUT2D eigenvalue weighted by Crippen LogP contribution is 2.26. The van der Waals surface area contributed by atoms with Gasteiger partial charge in [-0.2, -0.15) is 5.10 Å². The van der Waals surface area contributed by atoms with Crippen LogP contribution in [0, 0.1) is 0 Å². The normalized spacial score (nSPS) is 11.3. The maximum atomic E-state index is 12.6. The minimum atomic E-state index is -0.128. The van der Waals surface area contributed by atoms with E-state index < -0.39 is 0 Å². The molecule has 5 aromatic rings. The maximum Gasteiger partial charge on any atom is 0.251 e. The van der Waals surface area contributed by atoms with Crippen LogP contribution in [0.25, 0.3) is 33.2 Å². The average Bonchev–Trinajstić information content (AvgIpc) is 3.42. The molecule has 0 fully saturated rings. The van der Waals surface area contributed by atoms with Gasteiger partial charge in [-0.3, -0.25) is 9.89 Å². The number of aromatic nitrogens is 5. The smallest absolute Gasteiger partial charge is 0.251 e. The van der Waals surface area contributed by atoms with Crippen molar-refractivity contribution >= 4 is 27.7 Å². The number of aromatic amines is 2. The zero-order valence-electron chi connectivity index (χ0n) is 15.2. The van der Waals surface area contributed by atoms with Crippen molar-refractivity contribution in [3.63, 3.8) is 0 Å². The molecular weight excluding hydrogens is 352 g/mol. The predicted octanol–water partition coefficient (Wildman–Crippen LogP) is 3.37. The van der Waals surface area contributed by atoms with Gasteiger partial charge in [-0.25, -0.2) is 4.98 Å². The molecule has 0 radical (unpaired) electrons. The Morgan fingerprint density at radius 3 is 2.86 bits per heavy atom. The first-order chi connectivity index (χ1) is 13.7. The summed E-state index contributed by atoms with van der Waals surface area (Å²) in [6, 6.07) is 15.7. The highest BCUT2D eigenvalue weighted by Gasteiger charge is 2.14. The summed E-state index contributed by atoms with van der Waals surface area (Å²) in [6.45, 7) is 0.439. The lowest BCUT2D eigenvalue weighted by molar-refractivity contribution is 0.0950. The van der Waals surface area contributed by atoms with Crippen molar-refractivity contribution in [2.75, 3.05) is 0 Å². The lowest BCUT2D eigenvalue weighted by Gasteiger charge is -2.04. The summed E-state index contributed by atoms with van der Waals surface area (Å²) in [5, 5.41) is 12.5. The third kappa shape index (κ3) is 2.73. The third-order valence-electron chi connectivity index (χ3n) is 4.91. The van der Waals surface area contributed by atoms with E-state index in [9.17, 15) is 4.79 Å². The number of nitrogens with zero attached hydrogens (tertiary/aromatic N) is 3. The van der Waals surface area contributed by atoms with E-state index in [-0.39, 0.29) is 5.91 Å². The molecule has 138 valence electrons. The lowest BCUT2D eigenvalue weighted by Crippen LogP contribution is -2.22. The van der Waals surface area contributed by atoms with Crippen molar-refractivity contribution < 1.29 is 4.79 Å². The molecule has 3 N–H and O–H groups in total. The molecule has 0 aliphatic carbocycles. The Balaban J connectivity index is 1.37. The number of benzene rings is 2. The molecule has 0 aliphatic heterocycles. The van der Waals surface area contributed by atoms with Crippen LogP contribution in [0.2, 0.25) is 0 Å². The van der Waals surface area contributed by atoms with Gasteiger partial charge in [0, 0.05) is 29.2 Å². The molecule has 7 nitrogen and oxygen atoms in total. The molecule has 5 rings (SSSR count). The molecule has 0 saturated carbocycles. The minimum absolute atomic E-state index is 0.128. The second kappa shape index (κ2) is 6.38. The van der Waals surface area contributed by atoms with Crippen LogP contribution >= 0.6 is 0 Å². The molecule has 0 atom stereocenters. The number of aryl methyl sites for hydroxylation is 1. The number of fused-ring (bicyclic) bond motifs is 2. The van der Waals surface area contributed by atoms with Crippen molar-refractivity contribution in [3.05, 3.63) is 72.3 Å². The Morgan fingerprint density at radius 1 is 1.14 bits per heavy atom. The van der Waals surface area contributed by atoms with E-state index in [1.807, 2.05) is 60.1 Å². The zero-order chi connectivity index (χ0) is 19.1. The van der Waals surface area contributed by atoms with Crippen LogP contribution in [0.3, 0.4) is 0 Å². The summed E-state index contributed by atoms with van der Waals surface area (Å²) in [4.78, 5) is 20.1. The van der Waals surface area contributed by atoms with Crippen LogP contribution < -0.4 is 5.32 Å². The Bertz CT molecular complexity index is 1280. The monoisotopic (exact) mass is 370 g/mol. The Hall–Kier alpha value is -3.87. The van der Waals surface area contributed by atoms with Gasteiger partial charge in [-0.15, -0.1) is 0 Å². The Labute approximate surface area is 160 Å². The fraction of sp³-hybridized carbons (Fsp3) is 0.0952. The van der Waals surface area contributed by atoms with Crippen LogP contribution in [0.4, 0.5) is 0 Å². The number of hydrogen-bond donors (Lipinski definition) is 3. The van der Waals surface area contributed by atoms with Gasteiger partial charge in [-0.1, -0.05) is 18.2 Å². The molecule has 3 aromatic heterocycles. The molecule has 0 bridgehead atoms. The number of imidazole rings is 1. The van der Waals surface area contributed by atoms with E-state index in [0.29, 0.717) is 12.1 Å². The molecule has 28 heavy (non-hydrogen) atoms. The van der Waals surface area contributed by atoms with Gasteiger partial charge in [0.1, 0.15) is 5.69 Å². The molecule has 0 unspecified atom stereocenters. The Kier molecular flexibility index (Phi) is 3.72. The highest BCUT2D eigenvalue weighted by molar-refractivity contribution is 6.00. The summed E-state index contributed by atoms with van der Waals surface area (Å²) in [6.07, 6.45) is 3.51. The van der Waals surface area contributed by atoms with E-state index in [1.165, 1.54) is 0 Å². The number of para-hydroxylation sites is 1. The number of carbonyl (C=O) groups is 1. The number of rotatable bonds is 4. The maximum absolute atomic E-state index is 12.6. The van der Waals surface area contributed by atoms with Crippen LogP contribution in [0.15, 0.2) is 61.1 Å². The van der Waals surface area contributed by atoms with Crippen LogP contribution in [-0.2, 0) is 13.6 Å². The lowest BCUT2D eigenvalue weighted by atomic mass is 10.1. The number of H-pyrrole nitrogens is 2. The van der Waals surface area contributed by atoms with Gasteiger partial charge in [0.05, 0.1) is 30.3 Å². The topological polar surface area (TPSA) is 91.4 Å². The summed E-state index contributed by atoms with van der Waals surface area (Å²) < 4.78 is 1.91. The van der Waals surface area contributed by atoms with E-state index >= 15 is 0 Å². The molecular formula is C21H18N6O. The van der Waals surface area contributed by atoms with Crippen molar-refractivity contribution in [1.82, 2.24) is 30.0 Å². The van der Waals surface area contributed by atoms with E-state index in [2.05, 4.69) is 25.5 Å². The van der Waals surface area contributed by atoms with Gasteiger partial charge >= 0.3 is 0 Å². The molecule has 0 aliphatic rings. The SMILES string of the molecule is Cn1cncc1-c1n[nH]c2cc(C(=O)NCc3cc4ccccc4[nH]3)ccc12. The van der Waals surface area contributed by atoms with Gasteiger partial charge in [0.2, 0.25) is 0 Å². The summed E-state index contributed by atoms with van der Waals surface area (Å²) in [7, 11) is 1.93. The van der Waals surface area contributed by atoms with E-state index in [1.54, 1.807) is 12.5 Å². The van der Waals surface area contributed by atoms with Crippen molar-refractivity contribution in [1.29, 1.82) is 0 Å². The summed E-state index contributed by atoms with van der Waals surface area (Å²) >= 11 is 0. The van der Waals surface area contributed by atoms with E-state index in [0.717, 1.165) is 38.9 Å². The summed E-state index contributed by atoms with van der Waals surface area (Å²) in [5.41, 5.74) is 5.17. The highest BCUT2D eigenvalue weighted by atomic mass is 16.1. The van der Waals surface area contributed by atoms with Crippen molar-refractivity contribution in [3.8, 4) is 11.4 Å². The standard InChI is InChI=1S/C21H18N6O/c1-27-12-22-11-19(27)20-16-7-6-14(9-18(16)25-26-20)21(28)23-10-15-8-13-4-2-3-5-17(13)24-15/h2-9,11-12,24H,10H2,1H3,(H,23,28)(H,25,26). The molecule has 0 spiro atoms. The number of nitrogens with one attached hydrogen (secondary N) is 3. The largest absolute Gasteiger partial charge is 0.357 e.